The summed E-state index contributed by atoms with van der Waals surface area (Å²) in [4.78, 5) is 14.5. The lowest BCUT2D eigenvalue weighted by Crippen LogP contribution is -2.41. The second-order valence-corrected chi connectivity index (χ2v) is 9.98. The second kappa shape index (κ2) is 6.13. The summed E-state index contributed by atoms with van der Waals surface area (Å²) >= 11 is 0. The van der Waals surface area contributed by atoms with Gasteiger partial charge in [0.05, 0.1) is 23.8 Å². The molecule has 152 valence electrons. The maximum absolute atomic E-state index is 12.7. The molecule has 0 aromatic heterocycles. The fourth-order valence-electron chi connectivity index (χ4n) is 3.99. The Kier molecular flexibility index (Phi) is 4.29. The van der Waals surface area contributed by atoms with Crippen LogP contribution in [0, 0.1) is 0 Å². The minimum atomic E-state index is -0.526. The highest BCUT2D eigenvalue weighted by atomic mass is 16.7. The Labute approximate surface area is 167 Å². The summed E-state index contributed by atoms with van der Waals surface area (Å²) in [5.41, 5.74) is 0.513. The lowest BCUT2D eigenvalue weighted by Gasteiger charge is -2.32. The molecular formula is C21H30BNO5. The molecule has 1 aromatic rings. The molecule has 2 bridgehead atoms. The molecule has 0 saturated carbocycles. The molecule has 7 heteroatoms. The van der Waals surface area contributed by atoms with Gasteiger partial charge in [0, 0.05) is 17.4 Å². The summed E-state index contributed by atoms with van der Waals surface area (Å²) in [5.74, 6) is 0.785. The molecule has 1 amide bonds. The average Bonchev–Trinajstić information content (AvgIpc) is 3.00. The van der Waals surface area contributed by atoms with Crippen molar-refractivity contribution in [3.63, 3.8) is 0 Å². The molecule has 0 unspecified atom stereocenters. The summed E-state index contributed by atoms with van der Waals surface area (Å²) in [5, 5.41) is 0. The van der Waals surface area contributed by atoms with Gasteiger partial charge in [0.15, 0.2) is 0 Å². The maximum atomic E-state index is 12.7. The Balaban J connectivity index is 1.65. The van der Waals surface area contributed by atoms with Crippen molar-refractivity contribution in [3.05, 3.63) is 23.8 Å². The van der Waals surface area contributed by atoms with Crippen LogP contribution in [0.2, 0.25) is 0 Å². The number of benzene rings is 1. The van der Waals surface area contributed by atoms with Crippen LogP contribution in [0.4, 0.5) is 4.79 Å². The highest BCUT2D eigenvalue weighted by Gasteiger charge is 2.54. The van der Waals surface area contributed by atoms with Crippen LogP contribution in [0.15, 0.2) is 18.2 Å². The average molecular weight is 387 g/mol. The van der Waals surface area contributed by atoms with Gasteiger partial charge in [0.2, 0.25) is 0 Å². The number of hydrogen-bond donors (Lipinski definition) is 0. The third-order valence-corrected chi connectivity index (χ3v) is 6.12. The topological polar surface area (TPSA) is 57.2 Å². The molecule has 0 aliphatic carbocycles. The minimum absolute atomic E-state index is 0.0476. The molecular weight excluding hydrogens is 357 g/mol. The van der Waals surface area contributed by atoms with Crippen LogP contribution in [0.5, 0.6) is 5.75 Å². The van der Waals surface area contributed by atoms with E-state index in [1.165, 1.54) is 0 Å². The zero-order chi connectivity index (χ0) is 20.5. The van der Waals surface area contributed by atoms with Crippen LogP contribution in [0.1, 0.15) is 66.5 Å². The number of rotatable bonds is 1. The Morgan fingerprint density at radius 2 is 1.82 bits per heavy atom. The molecule has 3 heterocycles. The monoisotopic (exact) mass is 387 g/mol. The number of ether oxygens (including phenoxy) is 2. The number of carbonyl (C=O) groups excluding carboxylic acids is 1. The SMILES string of the molecule is CC(C)(C)OC(=O)N1C[C@@H]2C[C@H]1c1cccc(B3OC(C)(C)C(C)(C)O3)c1O2. The normalized spacial score (nSPS) is 27.4. The van der Waals surface area contributed by atoms with E-state index in [0.717, 1.165) is 23.2 Å². The smallest absolute Gasteiger partial charge is 0.488 e. The van der Waals surface area contributed by atoms with Crippen molar-refractivity contribution in [2.75, 3.05) is 6.54 Å². The fraction of sp³-hybridized carbons (Fsp3) is 0.667. The quantitative estimate of drug-likeness (QED) is 0.691. The van der Waals surface area contributed by atoms with Gasteiger partial charge in [-0.1, -0.05) is 18.2 Å². The van der Waals surface area contributed by atoms with E-state index in [4.69, 9.17) is 18.8 Å². The van der Waals surface area contributed by atoms with Gasteiger partial charge in [0.25, 0.3) is 0 Å². The van der Waals surface area contributed by atoms with E-state index in [0.29, 0.717) is 6.54 Å². The van der Waals surface area contributed by atoms with E-state index in [1.807, 2.05) is 66.7 Å². The first-order chi connectivity index (χ1) is 12.9. The molecule has 0 radical (unpaired) electrons. The molecule has 3 aliphatic rings. The van der Waals surface area contributed by atoms with Crippen LogP contribution in [-0.2, 0) is 14.0 Å². The number of nitrogens with zero attached hydrogens (tertiary/aromatic N) is 1. The van der Waals surface area contributed by atoms with Crippen molar-refractivity contribution in [2.24, 2.45) is 0 Å². The van der Waals surface area contributed by atoms with E-state index >= 15 is 0 Å². The molecule has 2 saturated heterocycles. The third-order valence-electron chi connectivity index (χ3n) is 6.12. The lowest BCUT2D eigenvalue weighted by atomic mass is 9.76. The van der Waals surface area contributed by atoms with E-state index in [-0.39, 0.29) is 18.2 Å². The zero-order valence-corrected chi connectivity index (χ0v) is 17.9. The highest BCUT2D eigenvalue weighted by Crippen LogP contribution is 2.44. The zero-order valence-electron chi connectivity index (χ0n) is 17.9. The standard InChI is InChI=1S/C21H30BNO5/c1-19(2,3)26-18(24)23-12-13-11-16(23)14-9-8-10-15(17(14)25-13)22-27-20(4,5)21(6,7)28-22/h8-10,13,16H,11-12H2,1-7H3/t13-,16-/m0/s1. The molecule has 0 N–H and O–H groups in total. The molecule has 2 atom stereocenters. The van der Waals surface area contributed by atoms with E-state index in [2.05, 4.69) is 0 Å². The fourth-order valence-corrected chi connectivity index (χ4v) is 3.99. The van der Waals surface area contributed by atoms with Gasteiger partial charge in [-0.05, 0) is 48.5 Å². The van der Waals surface area contributed by atoms with Crippen molar-refractivity contribution < 1.29 is 23.6 Å². The van der Waals surface area contributed by atoms with Crippen LogP contribution < -0.4 is 10.2 Å². The van der Waals surface area contributed by atoms with Gasteiger partial charge in [-0.15, -0.1) is 0 Å². The largest absolute Gasteiger partial charge is 0.498 e. The van der Waals surface area contributed by atoms with E-state index in [9.17, 15) is 4.79 Å². The van der Waals surface area contributed by atoms with Gasteiger partial charge in [-0.25, -0.2) is 4.79 Å². The lowest BCUT2D eigenvalue weighted by molar-refractivity contribution is 0.00578. The molecule has 1 aromatic carbocycles. The number of para-hydroxylation sites is 1. The molecule has 4 rings (SSSR count). The molecule has 2 fully saturated rings. The summed E-state index contributed by atoms with van der Waals surface area (Å²) < 4.78 is 24.4. The minimum Gasteiger partial charge on any atom is -0.488 e. The van der Waals surface area contributed by atoms with Crippen LogP contribution in [0.3, 0.4) is 0 Å². The molecule has 3 aliphatic heterocycles. The number of carbonyl (C=O) groups is 1. The Hall–Kier alpha value is -1.73. The maximum Gasteiger partial charge on any atom is 0.498 e. The van der Waals surface area contributed by atoms with Gasteiger partial charge < -0.3 is 18.8 Å². The van der Waals surface area contributed by atoms with Gasteiger partial charge >= 0.3 is 13.2 Å². The number of fused-ring (bicyclic) bond motifs is 4. The van der Waals surface area contributed by atoms with Gasteiger partial charge in [0.1, 0.15) is 17.5 Å². The van der Waals surface area contributed by atoms with Crippen molar-refractivity contribution in [1.29, 1.82) is 0 Å². The summed E-state index contributed by atoms with van der Waals surface area (Å²) in [6, 6.07) is 5.94. The van der Waals surface area contributed by atoms with E-state index in [1.54, 1.807) is 4.90 Å². The van der Waals surface area contributed by atoms with Crippen molar-refractivity contribution in [3.8, 4) is 5.75 Å². The second-order valence-electron chi connectivity index (χ2n) is 9.98. The van der Waals surface area contributed by atoms with Crippen molar-refractivity contribution in [2.45, 2.75) is 83.8 Å². The summed E-state index contributed by atoms with van der Waals surface area (Å²) in [6.45, 7) is 14.3. The number of hydrogen-bond acceptors (Lipinski definition) is 5. The van der Waals surface area contributed by atoms with Crippen LogP contribution >= 0.6 is 0 Å². The van der Waals surface area contributed by atoms with Crippen LogP contribution in [-0.4, -0.2) is 47.6 Å². The Morgan fingerprint density at radius 1 is 1.18 bits per heavy atom. The predicted molar refractivity (Wildman–Crippen MR) is 107 cm³/mol. The first kappa shape index (κ1) is 19.6. The van der Waals surface area contributed by atoms with Crippen LogP contribution in [0.25, 0.3) is 0 Å². The first-order valence-corrected chi connectivity index (χ1v) is 10.0. The Bertz CT molecular complexity index is 784. The van der Waals surface area contributed by atoms with Gasteiger partial charge in [-0.2, -0.15) is 0 Å². The number of amides is 1. The number of likely N-dealkylation sites (tertiary alicyclic amines) is 1. The molecule has 0 spiro atoms. The Morgan fingerprint density at radius 3 is 2.43 bits per heavy atom. The first-order valence-electron chi connectivity index (χ1n) is 10.0. The molecule has 6 nitrogen and oxygen atoms in total. The molecule has 28 heavy (non-hydrogen) atoms. The van der Waals surface area contributed by atoms with Crippen molar-refractivity contribution in [1.82, 2.24) is 4.90 Å². The summed E-state index contributed by atoms with van der Waals surface area (Å²) in [7, 11) is -0.493. The third kappa shape index (κ3) is 3.18. The predicted octanol–water partition coefficient (Wildman–Crippen LogP) is 3.43. The van der Waals surface area contributed by atoms with Gasteiger partial charge in [-0.3, -0.25) is 4.90 Å². The highest BCUT2D eigenvalue weighted by molar-refractivity contribution is 6.63. The van der Waals surface area contributed by atoms with E-state index < -0.39 is 23.9 Å². The summed E-state index contributed by atoms with van der Waals surface area (Å²) in [6.07, 6.45) is 0.435. The van der Waals surface area contributed by atoms with Crippen molar-refractivity contribution >= 4 is 18.7 Å².